The van der Waals surface area contributed by atoms with E-state index in [2.05, 4.69) is 25.7 Å². The third kappa shape index (κ3) is 7.12. The van der Waals surface area contributed by atoms with Gasteiger partial charge in [0.05, 0.1) is 31.4 Å². The third-order valence-electron chi connectivity index (χ3n) is 6.87. The molecule has 2 aromatic carbocycles. The second kappa shape index (κ2) is 14.6. The molecule has 1 amide bonds. The van der Waals surface area contributed by atoms with E-state index in [4.69, 9.17) is 14.2 Å². The van der Waals surface area contributed by atoms with Crippen LogP contribution < -0.4 is 14.2 Å². The van der Waals surface area contributed by atoms with Gasteiger partial charge in [0.15, 0.2) is 11.5 Å². The molecule has 1 fully saturated rings. The number of likely N-dealkylation sites (N-methyl/N-ethyl adjacent to an activating group) is 1. The first-order chi connectivity index (χ1) is 18.9. The molecule has 1 saturated heterocycles. The van der Waals surface area contributed by atoms with E-state index in [0.29, 0.717) is 61.3 Å². The number of ether oxygens (including phenoxy) is 3. The van der Waals surface area contributed by atoms with Gasteiger partial charge >= 0.3 is 0 Å². The van der Waals surface area contributed by atoms with Crippen molar-refractivity contribution in [1.29, 1.82) is 0 Å². The number of benzene rings is 2. The summed E-state index contributed by atoms with van der Waals surface area (Å²) in [6, 6.07) is 11.6. The first-order valence-electron chi connectivity index (χ1n) is 14.0. The van der Waals surface area contributed by atoms with E-state index in [1.807, 2.05) is 32.0 Å². The van der Waals surface area contributed by atoms with Crippen molar-refractivity contribution < 1.29 is 28.9 Å². The number of aliphatic hydroxyl groups excluding tert-OH is 1. The normalized spacial score (nSPS) is 16.7. The van der Waals surface area contributed by atoms with Gasteiger partial charge in [0.25, 0.3) is 11.7 Å². The van der Waals surface area contributed by atoms with Gasteiger partial charge in [-0.05, 0) is 75.3 Å². The van der Waals surface area contributed by atoms with Crippen molar-refractivity contribution in [3.8, 4) is 17.2 Å². The molecule has 0 saturated carbocycles. The molecular formula is C31H42N2O6. The maximum atomic E-state index is 13.4. The Morgan fingerprint density at radius 1 is 0.897 bits per heavy atom. The molecule has 0 aliphatic carbocycles. The summed E-state index contributed by atoms with van der Waals surface area (Å²) in [6.45, 7) is 14.1. The zero-order valence-corrected chi connectivity index (χ0v) is 23.9. The van der Waals surface area contributed by atoms with Crippen LogP contribution in [0.2, 0.25) is 0 Å². The van der Waals surface area contributed by atoms with E-state index in [1.165, 1.54) is 0 Å². The van der Waals surface area contributed by atoms with E-state index in [-0.39, 0.29) is 11.3 Å². The molecule has 8 nitrogen and oxygen atoms in total. The minimum atomic E-state index is -0.768. The van der Waals surface area contributed by atoms with E-state index in [1.54, 1.807) is 29.2 Å². The number of amides is 1. The number of rotatable bonds is 15. The number of hydrogen-bond donors (Lipinski definition) is 1. The molecular weight excluding hydrogens is 496 g/mol. The van der Waals surface area contributed by atoms with Gasteiger partial charge in [0, 0.05) is 18.7 Å². The Hall–Kier alpha value is -3.52. The van der Waals surface area contributed by atoms with Gasteiger partial charge in [-0.3, -0.25) is 9.59 Å². The molecule has 0 bridgehead atoms. The van der Waals surface area contributed by atoms with E-state index >= 15 is 0 Å². The summed E-state index contributed by atoms with van der Waals surface area (Å²) < 4.78 is 17.4. The van der Waals surface area contributed by atoms with Crippen LogP contribution in [0.4, 0.5) is 0 Å². The van der Waals surface area contributed by atoms with Crippen molar-refractivity contribution >= 4 is 17.4 Å². The number of hydrogen-bond acceptors (Lipinski definition) is 7. The third-order valence-corrected chi connectivity index (χ3v) is 6.87. The number of ketones is 1. The largest absolute Gasteiger partial charge is 0.507 e. The topological polar surface area (TPSA) is 88.5 Å². The average Bonchev–Trinajstić information content (AvgIpc) is 3.20. The lowest BCUT2D eigenvalue weighted by molar-refractivity contribution is -0.140. The van der Waals surface area contributed by atoms with Crippen molar-refractivity contribution in [2.75, 3.05) is 46.0 Å². The first kappa shape index (κ1) is 30.0. The fourth-order valence-electron chi connectivity index (χ4n) is 4.69. The zero-order valence-electron chi connectivity index (χ0n) is 23.9. The van der Waals surface area contributed by atoms with E-state index < -0.39 is 17.7 Å². The van der Waals surface area contributed by atoms with Crippen LogP contribution in [0.1, 0.15) is 64.6 Å². The molecule has 1 atom stereocenters. The van der Waals surface area contributed by atoms with Gasteiger partial charge < -0.3 is 29.1 Å². The Kier molecular flexibility index (Phi) is 11.2. The lowest BCUT2D eigenvalue weighted by Gasteiger charge is -2.28. The molecule has 8 heteroatoms. The fourth-order valence-corrected chi connectivity index (χ4v) is 4.69. The van der Waals surface area contributed by atoms with Gasteiger partial charge in [0.1, 0.15) is 11.5 Å². The van der Waals surface area contributed by atoms with Crippen LogP contribution in [0.5, 0.6) is 17.2 Å². The highest BCUT2D eigenvalue weighted by atomic mass is 16.5. The predicted molar refractivity (Wildman–Crippen MR) is 152 cm³/mol. The van der Waals surface area contributed by atoms with Crippen LogP contribution in [0.3, 0.4) is 0 Å². The Morgan fingerprint density at radius 2 is 1.59 bits per heavy atom. The maximum absolute atomic E-state index is 13.4. The first-order valence-corrected chi connectivity index (χ1v) is 14.0. The van der Waals surface area contributed by atoms with E-state index in [9.17, 15) is 14.7 Å². The SMILES string of the molecule is CCCCOc1ccc(C2C(=C(O)c3ccc(OCC)cc3)C(=O)C(=O)N2CCN(CC)CC)cc1OCC. The molecule has 0 aromatic heterocycles. The van der Waals surface area contributed by atoms with Crippen LogP contribution in [-0.4, -0.2) is 72.6 Å². The fraction of sp³-hybridized carbons (Fsp3) is 0.484. The highest BCUT2D eigenvalue weighted by molar-refractivity contribution is 6.46. The molecule has 1 unspecified atom stereocenters. The summed E-state index contributed by atoms with van der Waals surface area (Å²) in [5, 5.41) is 11.4. The number of carbonyl (C=O) groups excluding carboxylic acids is 2. The van der Waals surface area contributed by atoms with Crippen molar-refractivity contribution in [2.45, 2.75) is 53.5 Å². The number of nitrogens with zero attached hydrogens (tertiary/aromatic N) is 2. The Labute approximate surface area is 232 Å². The Bertz CT molecular complexity index is 1140. The molecule has 212 valence electrons. The van der Waals surface area contributed by atoms with Crippen LogP contribution in [0.25, 0.3) is 5.76 Å². The van der Waals surface area contributed by atoms with Crippen LogP contribution in [0.15, 0.2) is 48.0 Å². The summed E-state index contributed by atoms with van der Waals surface area (Å²) in [6.07, 6.45) is 1.93. The number of aliphatic hydroxyl groups is 1. The predicted octanol–water partition coefficient (Wildman–Crippen LogP) is 5.43. The molecule has 3 rings (SSSR count). The van der Waals surface area contributed by atoms with Gasteiger partial charge in [-0.15, -0.1) is 0 Å². The number of carbonyl (C=O) groups is 2. The highest BCUT2D eigenvalue weighted by Gasteiger charge is 2.46. The van der Waals surface area contributed by atoms with Crippen molar-refractivity contribution in [3.05, 3.63) is 59.2 Å². The molecule has 1 aliphatic heterocycles. The molecule has 39 heavy (non-hydrogen) atoms. The summed E-state index contributed by atoms with van der Waals surface area (Å²) in [4.78, 5) is 30.5. The van der Waals surface area contributed by atoms with Crippen molar-refractivity contribution in [2.24, 2.45) is 0 Å². The van der Waals surface area contributed by atoms with Gasteiger partial charge in [-0.2, -0.15) is 0 Å². The molecule has 1 aliphatic rings. The zero-order chi connectivity index (χ0) is 28.4. The summed E-state index contributed by atoms with van der Waals surface area (Å²) in [5.74, 6) is 0.272. The lowest BCUT2D eigenvalue weighted by Crippen LogP contribution is -2.38. The van der Waals surface area contributed by atoms with Gasteiger partial charge in [-0.1, -0.05) is 33.3 Å². The number of Topliss-reactive ketones (excluding diaryl/α,β-unsaturated/α-hetero) is 1. The molecule has 0 spiro atoms. The summed E-state index contributed by atoms with van der Waals surface area (Å²) in [7, 11) is 0. The van der Waals surface area contributed by atoms with E-state index in [0.717, 1.165) is 25.9 Å². The minimum absolute atomic E-state index is 0.0609. The second-order valence-corrected chi connectivity index (χ2v) is 9.32. The molecule has 2 aromatic rings. The van der Waals surface area contributed by atoms with Crippen LogP contribution in [-0.2, 0) is 9.59 Å². The monoisotopic (exact) mass is 538 g/mol. The lowest BCUT2D eigenvalue weighted by atomic mass is 9.95. The quantitative estimate of drug-likeness (QED) is 0.140. The minimum Gasteiger partial charge on any atom is -0.507 e. The standard InChI is InChI=1S/C31H42N2O6/c1-6-11-20-39-25-17-14-23(21-26(25)38-10-5)28-27(29(34)22-12-15-24(16-13-22)37-9-4)30(35)31(36)33(28)19-18-32(7-2)8-3/h12-17,21,28,34H,6-11,18-20H2,1-5H3. The maximum Gasteiger partial charge on any atom is 0.295 e. The Balaban J connectivity index is 2.10. The smallest absolute Gasteiger partial charge is 0.295 e. The highest BCUT2D eigenvalue weighted by Crippen LogP contribution is 2.42. The summed E-state index contributed by atoms with van der Waals surface area (Å²) >= 11 is 0. The van der Waals surface area contributed by atoms with Gasteiger partial charge in [0.2, 0.25) is 0 Å². The molecule has 1 N–H and O–H groups in total. The number of likely N-dealkylation sites (tertiary alicyclic amines) is 1. The Morgan fingerprint density at radius 3 is 2.21 bits per heavy atom. The van der Waals surface area contributed by atoms with Crippen LogP contribution in [0, 0.1) is 0 Å². The van der Waals surface area contributed by atoms with Crippen LogP contribution >= 0.6 is 0 Å². The molecule has 1 heterocycles. The van der Waals surface area contributed by atoms with Gasteiger partial charge in [-0.25, -0.2) is 0 Å². The number of unbranched alkanes of at least 4 members (excludes halogenated alkanes) is 1. The average molecular weight is 539 g/mol. The second-order valence-electron chi connectivity index (χ2n) is 9.32. The summed E-state index contributed by atoms with van der Waals surface area (Å²) in [5.41, 5.74) is 1.17. The molecule has 0 radical (unpaired) electrons. The van der Waals surface area contributed by atoms with Crippen molar-refractivity contribution in [3.63, 3.8) is 0 Å². The van der Waals surface area contributed by atoms with Crippen molar-refractivity contribution in [1.82, 2.24) is 9.80 Å².